The third-order valence-corrected chi connectivity index (χ3v) is 21.0. The van der Waals surface area contributed by atoms with Crippen LogP contribution in [0.15, 0.2) is 12.7 Å². The van der Waals surface area contributed by atoms with Gasteiger partial charge in [-0.3, -0.25) is 4.79 Å². The van der Waals surface area contributed by atoms with Crippen LogP contribution in [0.3, 0.4) is 0 Å². The van der Waals surface area contributed by atoms with E-state index in [1.54, 1.807) is 0 Å². The molecule has 10 atom stereocenters. The monoisotopic (exact) mass is 734 g/mol. The minimum absolute atomic E-state index is 0. The predicted octanol–water partition coefficient (Wildman–Crippen LogP) is 7.70. The first kappa shape index (κ1) is 43.9. The molecule has 5 rings (SSSR count). The number of aliphatic hydroxyl groups is 1. The molecule has 5 fully saturated rings. The highest BCUT2D eigenvalue weighted by atomic mass is 32.1. The van der Waals surface area contributed by atoms with Crippen LogP contribution in [0.1, 0.15) is 117 Å². The van der Waals surface area contributed by atoms with Gasteiger partial charge in [-0.1, -0.05) is 104 Å². The van der Waals surface area contributed by atoms with Crippen LogP contribution in [-0.2, 0) is 36.7 Å². The average molecular weight is 735 g/mol. The summed E-state index contributed by atoms with van der Waals surface area (Å²) < 4.78 is 44.0. The van der Waals surface area contributed by atoms with E-state index in [0.29, 0.717) is 19.6 Å². The number of hydrogen-bond donors (Lipinski definition) is 1. The van der Waals surface area contributed by atoms with Crippen molar-refractivity contribution in [1.82, 2.24) is 0 Å². The van der Waals surface area contributed by atoms with Crippen LogP contribution in [0.5, 0.6) is 0 Å². The number of hydrogen-bond acceptors (Lipinski definition) is 9. The molecule has 5 saturated heterocycles. The van der Waals surface area contributed by atoms with E-state index in [-0.39, 0.29) is 102 Å². The summed E-state index contributed by atoms with van der Waals surface area (Å²) in [6, 6.07) is 0. The van der Waals surface area contributed by atoms with Gasteiger partial charge >= 0.3 is 23.1 Å². The smallest absolute Gasteiger partial charge is 0.349 e. The molecule has 0 saturated carbocycles. The van der Waals surface area contributed by atoms with Gasteiger partial charge < -0.3 is 37.0 Å². The number of carbonyl (C=O) groups is 1. The number of fused-ring (bicyclic) bond motifs is 3. The molecule has 9 nitrogen and oxygen atoms in total. The lowest BCUT2D eigenvalue weighted by Gasteiger charge is -2.56. The van der Waals surface area contributed by atoms with Gasteiger partial charge in [-0.2, -0.15) is 13.5 Å². The molecule has 0 unspecified atom stereocenters. The Kier molecular flexibility index (Phi) is 13.7. The van der Waals surface area contributed by atoms with Crippen LogP contribution in [-0.4, -0.2) is 90.2 Å². The molecule has 282 valence electrons. The maximum atomic E-state index is 11.8. The molecule has 0 aromatic carbocycles. The Balaban J connectivity index is 0.000000320. The Morgan fingerprint density at radius 1 is 0.750 bits per heavy atom. The van der Waals surface area contributed by atoms with Crippen LogP contribution < -0.4 is 0 Å². The fourth-order valence-corrected chi connectivity index (χ4v) is 18.5. The van der Waals surface area contributed by atoms with E-state index in [1.807, 2.05) is 19.9 Å². The van der Waals surface area contributed by atoms with E-state index in [0.717, 1.165) is 6.42 Å². The van der Waals surface area contributed by atoms with E-state index >= 15 is 0 Å². The van der Waals surface area contributed by atoms with Gasteiger partial charge in [-0.05, 0) is 6.92 Å². The van der Waals surface area contributed by atoms with Crippen molar-refractivity contribution in [2.24, 2.45) is 11.8 Å². The number of esters is 1. The Hall–Kier alpha value is -0.286. The minimum Gasteiger partial charge on any atom is -0.459 e. The van der Waals surface area contributed by atoms with E-state index in [9.17, 15) is 9.90 Å². The van der Waals surface area contributed by atoms with Crippen molar-refractivity contribution < 1.29 is 41.8 Å². The minimum atomic E-state index is -2.49. The summed E-state index contributed by atoms with van der Waals surface area (Å²) in [7, 11) is -4.98. The molecule has 5 aliphatic rings. The summed E-state index contributed by atoms with van der Waals surface area (Å²) in [5.74, 6) is -0.245. The Morgan fingerprint density at radius 2 is 1.17 bits per heavy atom. The van der Waals surface area contributed by atoms with Crippen LogP contribution in [0.2, 0.25) is 20.2 Å². The maximum Gasteiger partial charge on any atom is 0.349 e. The lowest BCUT2D eigenvalue weighted by Crippen LogP contribution is -2.67. The number of rotatable bonds is 2. The molecule has 0 bridgehead atoms. The summed E-state index contributed by atoms with van der Waals surface area (Å²) in [6.45, 7) is 35.3. The molecule has 0 spiro atoms. The van der Waals surface area contributed by atoms with Gasteiger partial charge in [0.15, 0.2) is 0 Å². The molecule has 5 aliphatic heterocycles. The normalized spacial score (nSPS) is 36.6. The lowest BCUT2D eigenvalue weighted by molar-refractivity contribution is -0.206. The van der Waals surface area contributed by atoms with Crippen LogP contribution in [0.4, 0.5) is 0 Å². The van der Waals surface area contributed by atoms with Gasteiger partial charge in [0.25, 0.3) is 0 Å². The number of carbonyl (C=O) groups excluding carboxylic acids is 1. The zero-order valence-corrected chi connectivity index (χ0v) is 34.6. The van der Waals surface area contributed by atoms with E-state index in [1.165, 1.54) is 0 Å². The van der Waals surface area contributed by atoms with Gasteiger partial charge in [0.2, 0.25) is 0 Å². The molecule has 48 heavy (non-hydrogen) atoms. The molecule has 1 N–H and O–H groups in total. The highest BCUT2D eigenvalue weighted by Gasteiger charge is 2.65. The standard InChI is InChI=1S/C18H34O4Si.C17H30O5Si.CH4.H2S/c1-9-12(2)16-13(19)10-14-15(21-16)11-20-23(22-14,17(3,4)5)18(6,7)8;1-10-14-12(21-15(10)18)8-11-13(20-14)9-19-23(22-11,16(2,3)4)17(5,6)7;;/h9,12-16,19H,1,10-11H2,2-8H3;10-14H,8-9H2,1-7H3;1H4;1H2/t12-,13-,14+,15+,16-;10-,11-,12+,13-,14+;;/m01../s1. The van der Waals surface area contributed by atoms with E-state index < -0.39 is 23.2 Å². The van der Waals surface area contributed by atoms with Crippen molar-refractivity contribution in [2.45, 2.75) is 186 Å². The topological polar surface area (TPSA) is 102 Å². The van der Waals surface area contributed by atoms with Crippen LogP contribution >= 0.6 is 13.5 Å². The van der Waals surface area contributed by atoms with Crippen molar-refractivity contribution in [1.29, 1.82) is 0 Å². The molecule has 0 amide bonds. The van der Waals surface area contributed by atoms with Gasteiger partial charge in [0, 0.05) is 38.9 Å². The van der Waals surface area contributed by atoms with Gasteiger partial charge in [-0.15, -0.1) is 6.58 Å². The first-order valence-corrected chi connectivity index (χ1v) is 21.0. The van der Waals surface area contributed by atoms with Crippen molar-refractivity contribution in [3.8, 4) is 0 Å². The lowest BCUT2D eigenvalue weighted by atomic mass is 9.91. The first-order chi connectivity index (χ1) is 20.9. The second kappa shape index (κ2) is 15.0. The molecule has 5 heterocycles. The molecular weight excluding hydrogens is 665 g/mol. The average Bonchev–Trinajstić information content (AvgIpc) is 3.20. The number of ether oxygens (including phenoxy) is 3. The van der Waals surface area contributed by atoms with Crippen LogP contribution in [0.25, 0.3) is 0 Å². The molecule has 0 radical (unpaired) electrons. The first-order valence-electron chi connectivity index (χ1n) is 17.3. The summed E-state index contributed by atoms with van der Waals surface area (Å²) in [5, 5.41) is 10.3. The van der Waals surface area contributed by atoms with E-state index in [2.05, 4.69) is 89.7 Å². The van der Waals surface area contributed by atoms with Crippen molar-refractivity contribution in [3.05, 3.63) is 12.7 Å². The predicted molar refractivity (Wildman–Crippen MR) is 200 cm³/mol. The van der Waals surface area contributed by atoms with Crippen molar-refractivity contribution in [3.63, 3.8) is 0 Å². The molecule has 0 aromatic rings. The summed E-state index contributed by atoms with van der Waals surface area (Å²) in [4.78, 5) is 11.8. The summed E-state index contributed by atoms with van der Waals surface area (Å²) >= 11 is 0. The van der Waals surface area contributed by atoms with Crippen LogP contribution in [0, 0.1) is 11.8 Å². The van der Waals surface area contributed by atoms with Gasteiger partial charge in [-0.25, -0.2) is 0 Å². The number of aliphatic hydroxyl groups excluding tert-OH is 1. The van der Waals surface area contributed by atoms with Gasteiger partial charge in [0.05, 0.1) is 43.5 Å². The Labute approximate surface area is 301 Å². The molecule has 0 aromatic heterocycles. The summed E-state index contributed by atoms with van der Waals surface area (Å²) in [5.41, 5.74) is 0. The fraction of sp³-hybridized carbons (Fsp3) is 0.917. The zero-order chi connectivity index (χ0) is 34.8. The highest BCUT2D eigenvalue weighted by molar-refractivity contribution is 7.59. The van der Waals surface area contributed by atoms with Gasteiger partial charge in [0.1, 0.15) is 24.4 Å². The molecule has 0 aliphatic carbocycles. The third kappa shape index (κ3) is 7.88. The maximum absolute atomic E-state index is 11.8. The molecular formula is C36H70O9SSi2. The zero-order valence-electron chi connectivity index (χ0n) is 31.6. The largest absolute Gasteiger partial charge is 0.459 e. The Bertz CT molecular complexity index is 1070. The molecule has 12 heteroatoms. The quantitative estimate of drug-likeness (QED) is 0.174. The van der Waals surface area contributed by atoms with E-state index in [4.69, 9.17) is 31.9 Å². The second-order valence-electron chi connectivity index (χ2n) is 18.3. The third-order valence-electron chi connectivity index (χ3n) is 10.7. The highest BCUT2D eigenvalue weighted by Crippen LogP contribution is 2.56. The second-order valence-corrected chi connectivity index (χ2v) is 27.9. The van der Waals surface area contributed by atoms with Crippen molar-refractivity contribution in [2.75, 3.05) is 13.2 Å². The fourth-order valence-electron chi connectivity index (χ4n) is 8.61. The summed E-state index contributed by atoms with van der Waals surface area (Å²) in [6.07, 6.45) is 1.75. The van der Waals surface area contributed by atoms with Crippen molar-refractivity contribution >= 4 is 36.6 Å². The SMILES string of the molecule is C.C=C[C@H](C)[C@@H]1O[C@@H]2CO[Si](C(C)(C)C)(C(C)(C)C)O[C@@H]2C[C@@H]1O.C[C@H]1C(=O)O[C@H]2C[C@H]3O[Si](C(C)(C)C)(C(C)(C)C)OC[C@H]3O[C@H]21.S. The Morgan fingerprint density at radius 3 is 1.58 bits per heavy atom.